The highest BCUT2D eigenvalue weighted by Crippen LogP contribution is 2.23. The minimum absolute atomic E-state index is 0.176. The third-order valence-electron chi connectivity index (χ3n) is 4.05. The van der Waals surface area contributed by atoms with Crippen LogP contribution in [0.15, 0.2) is 36.8 Å². The quantitative estimate of drug-likeness (QED) is 0.776. The summed E-state index contributed by atoms with van der Waals surface area (Å²) in [5.74, 6) is 2.18. The molecule has 0 radical (unpaired) electrons. The van der Waals surface area contributed by atoms with Gasteiger partial charge in [0.05, 0.1) is 11.8 Å². The molecule has 0 saturated carbocycles. The Kier molecular flexibility index (Phi) is 3.38. The summed E-state index contributed by atoms with van der Waals surface area (Å²) >= 11 is 0. The summed E-state index contributed by atoms with van der Waals surface area (Å²) in [6.07, 6.45) is 6.39. The van der Waals surface area contributed by atoms with E-state index in [9.17, 15) is 4.79 Å². The lowest BCUT2D eigenvalue weighted by Gasteiger charge is -2.16. The Morgan fingerprint density at radius 1 is 1.22 bits per heavy atom. The SMILES string of the molecule is O=C(Nc1cnc2n1CCCC2)c1ccccc1-c1ncn[nH]1. The van der Waals surface area contributed by atoms with Gasteiger partial charge in [-0.05, 0) is 18.9 Å². The highest BCUT2D eigenvalue weighted by molar-refractivity contribution is 6.07. The zero-order valence-corrected chi connectivity index (χ0v) is 12.5. The molecule has 4 rings (SSSR count). The number of imidazole rings is 1. The first-order valence-corrected chi connectivity index (χ1v) is 7.63. The largest absolute Gasteiger partial charge is 0.315 e. The smallest absolute Gasteiger partial charge is 0.257 e. The van der Waals surface area contributed by atoms with E-state index in [4.69, 9.17) is 0 Å². The lowest BCUT2D eigenvalue weighted by Crippen LogP contribution is -2.18. The number of aromatic nitrogens is 5. The van der Waals surface area contributed by atoms with Gasteiger partial charge in [-0.2, -0.15) is 5.10 Å². The molecule has 2 N–H and O–H groups in total. The normalized spacial score (nSPS) is 13.6. The molecule has 1 aliphatic heterocycles. The molecule has 0 spiro atoms. The predicted molar refractivity (Wildman–Crippen MR) is 84.9 cm³/mol. The monoisotopic (exact) mass is 308 g/mol. The number of rotatable bonds is 3. The highest BCUT2D eigenvalue weighted by atomic mass is 16.1. The van der Waals surface area contributed by atoms with E-state index >= 15 is 0 Å². The van der Waals surface area contributed by atoms with Crippen LogP contribution in [0.3, 0.4) is 0 Å². The number of aryl methyl sites for hydroxylation is 1. The van der Waals surface area contributed by atoms with Gasteiger partial charge in [0, 0.05) is 18.5 Å². The number of benzene rings is 1. The molecule has 0 fully saturated rings. The fourth-order valence-electron chi connectivity index (χ4n) is 2.92. The third-order valence-corrected chi connectivity index (χ3v) is 4.05. The Bertz CT molecular complexity index is 836. The zero-order valence-electron chi connectivity index (χ0n) is 12.5. The summed E-state index contributed by atoms with van der Waals surface area (Å²) < 4.78 is 2.08. The van der Waals surface area contributed by atoms with Crippen molar-refractivity contribution in [2.24, 2.45) is 0 Å². The van der Waals surface area contributed by atoms with E-state index < -0.39 is 0 Å². The highest BCUT2D eigenvalue weighted by Gasteiger charge is 2.18. The summed E-state index contributed by atoms with van der Waals surface area (Å²) in [6.45, 7) is 0.898. The van der Waals surface area contributed by atoms with E-state index in [0.29, 0.717) is 11.4 Å². The van der Waals surface area contributed by atoms with Gasteiger partial charge in [0.15, 0.2) is 5.82 Å². The van der Waals surface area contributed by atoms with Gasteiger partial charge < -0.3 is 9.88 Å². The maximum atomic E-state index is 12.7. The first-order valence-electron chi connectivity index (χ1n) is 7.63. The first-order chi connectivity index (χ1) is 11.3. The second-order valence-electron chi connectivity index (χ2n) is 5.50. The number of nitrogens with zero attached hydrogens (tertiary/aromatic N) is 4. The Labute approximate surface area is 132 Å². The van der Waals surface area contributed by atoms with Crippen LogP contribution in [0.5, 0.6) is 0 Å². The van der Waals surface area contributed by atoms with Gasteiger partial charge in [-0.1, -0.05) is 18.2 Å². The van der Waals surface area contributed by atoms with Crippen LogP contribution in [0.2, 0.25) is 0 Å². The van der Waals surface area contributed by atoms with Crippen LogP contribution in [-0.2, 0) is 13.0 Å². The van der Waals surface area contributed by atoms with Crippen LogP contribution >= 0.6 is 0 Å². The Morgan fingerprint density at radius 2 is 2.13 bits per heavy atom. The van der Waals surface area contributed by atoms with Crippen molar-refractivity contribution in [3.8, 4) is 11.4 Å². The minimum atomic E-state index is -0.176. The molecular formula is C16H16N6O. The number of carbonyl (C=O) groups is 1. The van der Waals surface area contributed by atoms with E-state index in [1.165, 1.54) is 6.33 Å². The molecule has 2 aromatic heterocycles. The second-order valence-corrected chi connectivity index (χ2v) is 5.50. The van der Waals surface area contributed by atoms with Gasteiger partial charge in [-0.25, -0.2) is 9.97 Å². The number of amides is 1. The Balaban J connectivity index is 1.64. The number of hydrogen-bond acceptors (Lipinski definition) is 4. The molecule has 7 nitrogen and oxygen atoms in total. The van der Waals surface area contributed by atoms with Gasteiger partial charge >= 0.3 is 0 Å². The average molecular weight is 308 g/mol. The Morgan fingerprint density at radius 3 is 3.00 bits per heavy atom. The predicted octanol–water partition coefficient (Wildman–Crippen LogP) is 2.26. The van der Waals surface area contributed by atoms with E-state index in [0.717, 1.165) is 43.0 Å². The van der Waals surface area contributed by atoms with E-state index in [-0.39, 0.29) is 5.91 Å². The molecular weight excluding hydrogens is 292 g/mol. The summed E-state index contributed by atoms with van der Waals surface area (Å²) in [5, 5.41) is 9.62. The van der Waals surface area contributed by atoms with Crippen molar-refractivity contribution in [3.63, 3.8) is 0 Å². The maximum absolute atomic E-state index is 12.7. The molecule has 1 aliphatic rings. The number of carbonyl (C=O) groups excluding carboxylic acids is 1. The van der Waals surface area contributed by atoms with Crippen molar-refractivity contribution in [1.82, 2.24) is 24.7 Å². The van der Waals surface area contributed by atoms with Gasteiger partial charge in [-0.15, -0.1) is 0 Å². The van der Waals surface area contributed by atoms with Crippen LogP contribution in [0.4, 0.5) is 5.82 Å². The van der Waals surface area contributed by atoms with E-state index in [2.05, 4.69) is 30.0 Å². The van der Waals surface area contributed by atoms with Crippen LogP contribution in [0, 0.1) is 0 Å². The van der Waals surface area contributed by atoms with Crippen LogP contribution in [0.25, 0.3) is 11.4 Å². The molecule has 0 saturated heterocycles. The summed E-state index contributed by atoms with van der Waals surface area (Å²) in [4.78, 5) is 21.2. The van der Waals surface area contributed by atoms with Crippen molar-refractivity contribution < 1.29 is 4.79 Å². The molecule has 1 amide bonds. The van der Waals surface area contributed by atoms with Gasteiger partial charge in [0.2, 0.25) is 0 Å². The van der Waals surface area contributed by atoms with Crippen LogP contribution < -0.4 is 5.32 Å². The topological polar surface area (TPSA) is 88.5 Å². The van der Waals surface area contributed by atoms with Gasteiger partial charge in [0.25, 0.3) is 5.91 Å². The first kappa shape index (κ1) is 13.7. The maximum Gasteiger partial charge on any atom is 0.257 e. The summed E-state index contributed by atoms with van der Waals surface area (Å²) in [5.41, 5.74) is 1.27. The van der Waals surface area contributed by atoms with Crippen molar-refractivity contribution >= 4 is 11.7 Å². The number of anilines is 1. The van der Waals surface area contributed by atoms with E-state index in [1.807, 2.05) is 18.2 Å². The molecule has 116 valence electrons. The molecule has 0 unspecified atom stereocenters. The van der Waals surface area contributed by atoms with Crippen molar-refractivity contribution in [2.75, 3.05) is 5.32 Å². The van der Waals surface area contributed by atoms with Gasteiger partial charge in [-0.3, -0.25) is 9.89 Å². The standard InChI is InChI=1S/C16H16N6O/c23-16(20-14-9-17-13-7-3-4-8-22(13)14)12-6-2-1-5-11(12)15-18-10-19-21-15/h1-2,5-6,9-10H,3-4,7-8H2,(H,20,23)(H,18,19,21). The molecule has 3 heterocycles. The average Bonchev–Trinajstić information content (AvgIpc) is 3.25. The molecule has 0 aliphatic carbocycles. The fourth-order valence-corrected chi connectivity index (χ4v) is 2.92. The van der Waals surface area contributed by atoms with Crippen LogP contribution in [0.1, 0.15) is 29.0 Å². The molecule has 23 heavy (non-hydrogen) atoms. The number of nitrogens with one attached hydrogen (secondary N) is 2. The van der Waals surface area contributed by atoms with Crippen molar-refractivity contribution in [2.45, 2.75) is 25.8 Å². The van der Waals surface area contributed by atoms with Crippen molar-refractivity contribution in [3.05, 3.63) is 48.2 Å². The summed E-state index contributed by atoms with van der Waals surface area (Å²) in [6, 6.07) is 7.33. The lowest BCUT2D eigenvalue weighted by molar-refractivity contribution is 0.102. The van der Waals surface area contributed by atoms with Crippen LogP contribution in [-0.4, -0.2) is 30.6 Å². The fraction of sp³-hybridized carbons (Fsp3) is 0.250. The molecule has 0 atom stereocenters. The lowest BCUT2D eigenvalue weighted by atomic mass is 10.1. The van der Waals surface area contributed by atoms with Gasteiger partial charge in [0.1, 0.15) is 18.0 Å². The molecule has 1 aromatic carbocycles. The number of aromatic amines is 1. The summed E-state index contributed by atoms with van der Waals surface area (Å²) in [7, 11) is 0. The molecule has 0 bridgehead atoms. The minimum Gasteiger partial charge on any atom is -0.315 e. The molecule has 3 aromatic rings. The number of hydrogen-bond donors (Lipinski definition) is 2. The zero-order chi connectivity index (χ0) is 15.6. The number of H-pyrrole nitrogens is 1. The number of fused-ring (bicyclic) bond motifs is 1. The Hall–Kier alpha value is -2.96. The third kappa shape index (κ3) is 2.50. The van der Waals surface area contributed by atoms with E-state index in [1.54, 1.807) is 12.3 Å². The molecule has 7 heteroatoms. The van der Waals surface area contributed by atoms with Crippen molar-refractivity contribution in [1.29, 1.82) is 0 Å². The second kappa shape index (κ2) is 5.68.